The maximum atomic E-state index is 13.0. The Morgan fingerprint density at radius 2 is 1.56 bits per heavy atom. The van der Waals surface area contributed by atoms with Crippen LogP contribution < -0.4 is 15.5 Å². The summed E-state index contributed by atoms with van der Waals surface area (Å²) >= 11 is 18.2. The number of carbonyl (C=O) groups is 4. The zero-order chi connectivity index (χ0) is 26.0. The number of methoxy groups -OCH3 is 1. The van der Waals surface area contributed by atoms with Gasteiger partial charge in [-0.2, -0.15) is 0 Å². The van der Waals surface area contributed by atoms with Gasteiger partial charge in [-0.1, -0.05) is 40.9 Å². The van der Waals surface area contributed by atoms with Gasteiger partial charge in [0.15, 0.2) is 0 Å². The van der Waals surface area contributed by atoms with E-state index >= 15 is 0 Å². The number of ether oxygens (including phenoxy) is 1. The van der Waals surface area contributed by atoms with Gasteiger partial charge in [-0.25, -0.2) is 9.69 Å². The molecule has 0 saturated heterocycles. The molecule has 0 fully saturated rings. The second-order valence-electron chi connectivity index (χ2n) is 7.46. The molecule has 2 N–H and O–H groups in total. The molecule has 1 aliphatic heterocycles. The first kappa shape index (κ1) is 25.2. The summed E-state index contributed by atoms with van der Waals surface area (Å²) < 4.78 is 4.68. The van der Waals surface area contributed by atoms with E-state index in [9.17, 15) is 19.2 Å². The number of carbonyl (C=O) groups excluding carboxylic acids is 4. The van der Waals surface area contributed by atoms with Crippen molar-refractivity contribution in [2.75, 3.05) is 22.6 Å². The van der Waals surface area contributed by atoms with Crippen molar-refractivity contribution in [3.05, 3.63) is 98.6 Å². The fraction of sp³-hybridized carbons (Fsp3) is 0.0400. The van der Waals surface area contributed by atoms with Gasteiger partial charge in [0.05, 0.1) is 23.4 Å². The lowest BCUT2D eigenvalue weighted by Crippen LogP contribution is -2.32. The number of imide groups is 1. The van der Waals surface area contributed by atoms with Crippen molar-refractivity contribution in [3.63, 3.8) is 0 Å². The predicted octanol–water partition coefficient (Wildman–Crippen LogP) is 5.47. The van der Waals surface area contributed by atoms with Crippen molar-refractivity contribution in [3.8, 4) is 0 Å². The zero-order valence-corrected chi connectivity index (χ0v) is 20.7. The molecule has 0 aromatic heterocycles. The summed E-state index contributed by atoms with van der Waals surface area (Å²) in [5, 5.41) is 5.68. The van der Waals surface area contributed by atoms with Gasteiger partial charge in [-0.05, 0) is 60.7 Å². The molecule has 1 aliphatic rings. The minimum atomic E-state index is -0.737. The highest BCUT2D eigenvalue weighted by atomic mass is 35.5. The van der Waals surface area contributed by atoms with E-state index in [2.05, 4.69) is 15.4 Å². The molecule has 0 aliphatic carbocycles. The Balaban J connectivity index is 1.47. The predicted molar refractivity (Wildman–Crippen MR) is 138 cm³/mol. The Kier molecular flexibility index (Phi) is 7.30. The number of amides is 3. The van der Waals surface area contributed by atoms with Gasteiger partial charge < -0.3 is 15.4 Å². The molecule has 182 valence electrons. The average molecular weight is 545 g/mol. The molecule has 3 aromatic carbocycles. The summed E-state index contributed by atoms with van der Waals surface area (Å²) in [5.74, 6) is -2.37. The van der Waals surface area contributed by atoms with E-state index in [-0.39, 0.29) is 21.4 Å². The zero-order valence-electron chi connectivity index (χ0n) is 18.5. The number of nitrogens with one attached hydrogen (secondary N) is 2. The van der Waals surface area contributed by atoms with E-state index in [1.54, 1.807) is 30.3 Å². The van der Waals surface area contributed by atoms with Crippen LogP contribution in [0.3, 0.4) is 0 Å². The molecule has 4 rings (SSSR count). The smallest absolute Gasteiger partial charge is 0.337 e. The Morgan fingerprint density at radius 1 is 0.833 bits per heavy atom. The van der Waals surface area contributed by atoms with Crippen LogP contribution in [0.5, 0.6) is 0 Å². The second-order valence-corrected chi connectivity index (χ2v) is 8.68. The first-order chi connectivity index (χ1) is 17.2. The summed E-state index contributed by atoms with van der Waals surface area (Å²) in [4.78, 5) is 50.8. The van der Waals surface area contributed by atoms with Crippen molar-refractivity contribution in [1.29, 1.82) is 0 Å². The summed E-state index contributed by atoms with van der Waals surface area (Å²) in [6.45, 7) is 0. The Morgan fingerprint density at radius 3 is 2.22 bits per heavy atom. The molecule has 36 heavy (non-hydrogen) atoms. The van der Waals surface area contributed by atoms with Crippen molar-refractivity contribution in [2.45, 2.75) is 0 Å². The van der Waals surface area contributed by atoms with Crippen LogP contribution in [0, 0.1) is 0 Å². The molecule has 0 bridgehead atoms. The van der Waals surface area contributed by atoms with Crippen molar-refractivity contribution in [1.82, 2.24) is 0 Å². The molecule has 3 aromatic rings. The van der Waals surface area contributed by atoms with Gasteiger partial charge >= 0.3 is 5.97 Å². The van der Waals surface area contributed by atoms with Crippen LogP contribution in [-0.2, 0) is 14.3 Å². The number of esters is 1. The maximum Gasteiger partial charge on any atom is 0.337 e. The first-order valence-electron chi connectivity index (χ1n) is 10.3. The van der Waals surface area contributed by atoms with Crippen LogP contribution in [0.25, 0.3) is 0 Å². The molecule has 3 amide bonds. The molecule has 11 heteroatoms. The molecule has 0 spiro atoms. The van der Waals surface area contributed by atoms with Gasteiger partial charge in [-0.3, -0.25) is 14.4 Å². The lowest BCUT2D eigenvalue weighted by Gasteiger charge is -2.16. The van der Waals surface area contributed by atoms with E-state index in [1.807, 2.05) is 0 Å². The Labute approximate surface area is 220 Å². The summed E-state index contributed by atoms with van der Waals surface area (Å²) in [5.41, 5.74) is 1.45. The van der Waals surface area contributed by atoms with Gasteiger partial charge in [0.1, 0.15) is 10.7 Å². The average Bonchev–Trinajstić information content (AvgIpc) is 3.07. The third-order valence-electron chi connectivity index (χ3n) is 5.14. The van der Waals surface area contributed by atoms with Gasteiger partial charge in [0.2, 0.25) is 0 Å². The third-order valence-corrected chi connectivity index (χ3v) is 6.02. The van der Waals surface area contributed by atoms with E-state index in [0.29, 0.717) is 27.5 Å². The van der Waals surface area contributed by atoms with Gasteiger partial charge in [-0.15, -0.1) is 0 Å². The number of halogens is 3. The number of anilines is 3. The Hall–Kier alpha value is -3.85. The molecule has 8 nitrogen and oxygen atoms in total. The minimum absolute atomic E-state index is 0.113. The number of nitrogens with zero attached hydrogens (tertiary/aromatic N) is 1. The van der Waals surface area contributed by atoms with Gasteiger partial charge in [0.25, 0.3) is 17.7 Å². The highest BCUT2D eigenvalue weighted by Gasteiger charge is 2.39. The molecule has 0 atom stereocenters. The molecule has 1 heterocycles. The topological polar surface area (TPSA) is 105 Å². The fourth-order valence-corrected chi connectivity index (χ4v) is 4.09. The largest absolute Gasteiger partial charge is 0.465 e. The summed E-state index contributed by atoms with van der Waals surface area (Å²) in [6, 6.07) is 16.8. The molecular weight excluding hydrogens is 529 g/mol. The van der Waals surface area contributed by atoms with Crippen molar-refractivity contribution in [2.24, 2.45) is 0 Å². The van der Waals surface area contributed by atoms with Crippen molar-refractivity contribution >= 4 is 75.6 Å². The van der Waals surface area contributed by atoms with Crippen molar-refractivity contribution < 1.29 is 23.9 Å². The maximum absolute atomic E-state index is 13.0. The van der Waals surface area contributed by atoms with E-state index in [0.717, 1.165) is 4.90 Å². The van der Waals surface area contributed by atoms with E-state index in [1.165, 1.54) is 43.5 Å². The normalized spacial score (nSPS) is 13.2. The van der Waals surface area contributed by atoms with Crippen LogP contribution in [0.2, 0.25) is 10.0 Å². The summed E-state index contributed by atoms with van der Waals surface area (Å²) in [7, 11) is 1.27. The molecule has 0 saturated carbocycles. The molecule has 0 unspecified atom stereocenters. The monoisotopic (exact) mass is 543 g/mol. The highest BCUT2D eigenvalue weighted by molar-refractivity contribution is 6.54. The second kappa shape index (κ2) is 10.4. The lowest BCUT2D eigenvalue weighted by molar-refractivity contribution is -0.120. The van der Waals surface area contributed by atoms with E-state index < -0.39 is 23.7 Å². The molecule has 0 radical (unpaired) electrons. The molecular formula is C25H16Cl3N3O5. The number of benzene rings is 3. The third kappa shape index (κ3) is 5.06. The van der Waals surface area contributed by atoms with Crippen LogP contribution in [0.4, 0.5) is 17.1 Å². The highest BCUT2D eigenvalue weighted by Crippen LogP contribution is 2.35. The number of rotatable bonds is 6. The van der Waals surface area contributed by atoms with E-state index in [4.69, 9.17) is 34.8 Å². The Bertz CT molecular complexity index is 1440. The summed E-state index contributed by atoms with van der Waals surface area (Å²) in [6.07, 6.45) is 0. The fourth-order valence-electron chi connectivity index (χ4n) is 3.39. The minimum Gasteiger partial charge on any atom is -0.465 e. The SMILES string of the molecule is COC(=O)c1cccc(NC(=O)c2ccc(NC3=C(Cl)C(=O)N(c4ccc(Cl)cc4Cl)C3=O)cc2)c1. The van der Waals surface area contributed by atoms with Crippen LogP contribution in [-0.4, -0.2) is 30.8 Å². The van der Waals surface area contributed by atoms with Crippen LogP contribution in [0.1, 0.15) is 20.7 Å². The number of hydrogen-bond donors (Lipinski definition) is 2. The van der Waals surface area contributed by atoms with Crippen LogP contribution in [0.15, 0.2) is 77.5 Å². The van der Waals surface area contributed by atoms with Gasteiger partial charge in [0, 0.05) is 22.0 Å². The van der Waals surface area contributed by atoms with Crippen LogP contribution >= 0.6 is 34.8 Å². The number of hydrogen-bond acceptors (Lipinski definition) is 6. The standard InChI is InChI=1S/C25H16Cl3N3O5/c1-36-25(35)14-3-2-4-17(11-14)30-22(32)13-5-8-16(9-6-13)29-21-20(28)23(33)31(24(21)34)19-10-7-15(26)12-18(19)27/h2-12,29H,1H3,(H,30,32). The first-order valence-corrected chi connectivity index (χ1v) is 11.4. The lowest BCUT2D eigenvalue weighted by atomic mass is 10.1. The quantitative estimate of drug-likeness (QED) is 0.315.